The molecular weight excluding hydrogens is 260 g/mol. The Morgan fingerprint density at radius 1 is 1.11 bits per heavy atom. The maximum Gasteiger partial charge on any atom is 0.257 e. The summed E-state index contributed by atoms with van der Waals surface area (Å²) < 4.78 is 0. The Morgan fingerprint density at radius 3 is 2.42 bits per heavy atom. The van der Waals surface area contributed by atoms with Crippen molar-refractivity contribution in [2.24, 2.45) is 0 Å². The fourth-order valence-corrected chi connectivity index (χ4v) is 1.92. The van der Waals surface area contributed by atoms with E-state index in [1.165, 1.54) is 0 Å². The normalized spacial score (nSPS) is 10.1. The molecule has 0 aliphatic rings. The highest BCUT2D eigenvalue weighted by atomic mass is 35.5. The van der Waals surface area contributed by atoms with Gasteiger partial charge in [-0.2, -0.15) is 0 Å². The summed E-state index contributed by atoms with van der Waals surface area (Å²) in [6, 6.07) is 12.7. The number of nitrogens with one attached hydrogen (secondary N) is 2. The van der Waals surface area contributed by atoms with Crippen LogP contribution in [0.25, 0.3) is 0 Å². The third-order valence-corrected chi connectivity index (χ3v) is 3.04. The van der Waals surface area contributed by atoms with E-state index in [4.69, 9.17) is 11.6 Å². The quantitative estimate of drug-likeness (QED) is 0.890. The number of carbonyl (C=O) groups excluding carboxylic acids is 1. The zero-order chi connectivity index (χ0) is 13.8. The second-order valence-electron chi connectivity index (χ2n) is 4.26. The van der Waals surface area contributed by atoms with Gasteiger partial charge in [-0.3, -0.25) is 4.79 Å². The third-order valence-electron chi connectivity index (χ3n) is 2.79. The molecule has 4 heteroatoms. The average Bonchev–Trinajstić information content (AvgIpc) is 2.41. The van der Waals surface area contributed by atoms with Crippen molar-refractivity contribution in [3.8, 4) is 0 Å². The second-order valence-corrected chi connectivity index (χ2v) is 4.70. The van der Waals surface area contributed by atoms with Gasteiger partial charge in [-0.05, 0) is 43.3 Å². The summed E-state index contributed by atoms with van der Waals surface area (Å²) >= 11 is 5.81. The minimum Gasteiger partial charge on any atom is -0.387 e. The molecule has 0 saturated heterocycles. The molecule has 2 aromatic carbocycles. The molecule has 0 heterocycles. The van der Waals surface area contributed by atoms with E-state index in [0.717, 1.165) is 16.9 Å². The molecule has 0 aliphatic heterocycles. The van der Waals surface area contributed by atoms with E-state index in [1.807, 2.05) is 25.1 Å². The Labute approximate surface area is 117 Å². The monoisotopic (exact) mass is 274 g/mol. The van der Waals surface area contributed by atoms with Gasteiger partial charge >= 0.3 is 0 Å². The summed E-state index contributed by atoms with van der Waals surface area (Å²) in [7, 11) is 1.80. The van der Waals surface area contributed by atoms with Crippen LogP contribution in [0.3, 0.4) is 0 Å². The van der Waals surface area contributed by atoms with Gasteiger partial charge < -0.3 is 10.6 Å². The zero-order valence-corrected chi connectivity index (χ0v) is 11.6. The molecule has 2 rings (SSSR count). The second kappa shape index (κ2) is 5.76. The van der Waals surface area contributed by atoms with Crippen LogP contribution in [0.1, 0.15) is 15.9 Å². The number of hydrogen-bond donors (Lipinski definition) is 2. The predicted octanol–water partition coefficient (Wildman–Crippen LogP) is 3.94. The fraction of sp³-hybridized carbons (Fsp3) is 0.133. The van der Waals surface area contributed by atoms with Crippen LogP contribution in [0, 0.1) is 6.92 Å². The first-order chi connectivity index (χ1) is 9.10. The Hall–Kier alpha value is -2.00. The standard InChI is InChI=1S/C15H15ClN2O/c1-10-3-8-14(17-2)13(9-10)15(19)18-12-6-4-11(16)5-7-12/h3-9,17H,1-2H3,(H,18,19). The molecule has 0 aliphatic carbocycles. The Kier molecular flexibility index (Phi) is 4.07. The van der Waals surface area contributed by atoms with Crippen molar-refractivity contribution < 1.29 is 4.79 Å². The van der Waals surface area contributed by atoms with Gasteiger partial charge in [0.2, 0.25) is 0 Å². The molecule has 19 heavy (non-hydrogen) atoms. The van der Waals surface area contributed by atoms with Crippen molar-refractivity contribution in [3.63, 3.8) is 0 Å². The number of halogens is 1. The molecule has 0 saturated carbocycles. The molecule has 3 nitrogen and oxygen atoms in total. The largest absolute Gasteiger partial charge is 0.387 e. The topological polar surface area (TPSA) is 41.1 Å². The molecule has 0 spiro atoms. The molecule has 1 amide bonds. The Morgan fingerprint density at radius 2 is 1.79 bits per heavy atom. The smallest absolute Gasteiger partial charge is 0.257 e. The third kappa shape index (κ3) is 3.26. The summed E-state index contributed by atoms with van der Waals surface area (Å²) in [5, 5.41) is 6.51. The number of aryl methyl sites for hydroxylation is 1. The van der Waals surface area contributed by atoms with Gasteiger partial charge in [0.05, 0.1) is 5.56 Å². The highest BCUT2D eigenvalue weighted by Crippen LogP contribution is 2.19. The van der Waals surface area contributed by atoms with Crippen molar-refractivity contribution >= 4 is 28.9 Å². The van der Waals surface area contributed by atoms with Gasteiger partial charge in [-0.15, -0.1) is 0 Å². The van der Waals surface area contributed by atoms with E-state index in [0.29, 0.717) is 10.6 Å². The van der Waals surface area contributed by atoms with E-state index in [-0.39, 0.29) is 5.91 Å². The van der Waals surface area contributed by atoms with Crippen LogP contribution in [0.5, 0.6) is 0 Å². The van der Waals surface area contributed by atoms with E-state index >= 15 is 0 Å². The highest BCUT2D eigenvalue weighted by Gasteiger charge is 2.11. The minimum atomic E-state index is -0.143. The van der Waals surface area contributed by atoms with Crippen LogP contribution in [-0.2, 0) is 0 Å². The molecule has 0 aromatic heterocycles. The number of benzene rings is 2. The van der Waals surface area contributed by atoms with E-state index in [9.17, 15) is 4.79 Å². The number of anilines is 2. The molecule has 0 radical (unpaired) electrons. The van der Waals surface area contributed by atoms with Crippen LogP contribution in [0.15, 0.2) is 42.5 Å². The predicted molar refractivity (Wildman–Crippen MR) is 80.1 cm³/mol. The fourth-order valence-electron chi connectivity index (χ4n) is 1.80. The van der Waals surface area contributed by atoms with Crippen molar-refractivity contribution in [1.82, 2.24) is 0 Å². The molecule has 98 valence electrons. The number of hydrogen-bond acceptors (Lipinski definition) is 2. The molecule has 0 fully saturated rings. The first kappa shape index (κ1) is 13.4. The SMILES string of the molecule is CNc1ccc(C)cc1C(=O)Nc1ccc(Cl)cc1. The molecule has 2 N–H and O–H groups in total. The lowest BCUT2D eigenvalue weighted by Gasteiger charge is -2.10. The molecule has 0 unspecified atom stereocenters. The van der Waals surface area contributed by atoms with Gasteiger partial charge in [0, 0.05) is 23.4 Å². The summed E-state index contributed by atoms with van der Waals surface area (Å²) in [5.41, 5.74) is 3.19. The van der Waals surface area contributed by atoms with Gasteiger partial charge in [0.25, 0.3) is 5.91 Å². The number of carbonyl (C=O) groups is 1. The summed E-state index contributed by atoms with van der Waals surface area (Å²) in [5.74, 6) is -0.143. The maximum absolute atomic E-state index is 12.2. The van der Waals surface area contributed by atoms with Gasteiger partial charge in [-0.25, -0.2) is 0 Å². The van der Waals surface area contributed by atoms with Crippen LogP contribution in [0.2, 0.25) is 5.02 Å². The van der Waals surface area contributed by atoms with Crippen molar-refractivity contribution in [2.75, 3.05) is 17.7 Å². The summed E-state index contributed by atoms with van der Waals surface area (Å²) in [4.78, 5) is 12.2. The molecule has 2 aromatic rings. The lowest BCUT2D eigenvalue weighted by molar-refractivity contribution is 0.102. The Bertz CT molecular complexity index is 594. The number of rotatable bonds is 3. The molecule has 0 atom stereocenters. The maximum atomic E-state index is 12.2. The lowest BCUT2D eigenvalue weighted by atomic mass is 10.1. The van der Waals surface area contributed by atoms with E-state index in [1.54, 1.807) is 31.3 Å². The van der Waals surface area contributed by atoms with Crippen molar-refractivity contribution in [2.45, 2.75) is 6.92 Å². The number of amides is 1. The average molecular weight is 275 g/mol. The lowest BCUT2D eigenvalue weighted by Crippen LogP contribution is -2.14. The van der Waals surface area contributed by atoms with Crippen molar-refractivity contribution in [3.05, 3.63) is 58.6 Å². The first-order valence-corrected chi connectivity index (χ1v) is 6.33. The van der Waals surface area contributed by atoms with E-state index < -0.39 is 0 Å². The first-order valence-electron chi connectivity index (χ1n) is 5.95. The van der Waals surface area contributed by atoms with Crippen LogP contribution < -0.4 is 10.6 Å². The van der Waals surface area contributed by atoms with Gasteiger partial charge in [0.1, 0.15) is 0 Å². The van der Waals surface area contributed by atoms with E-state index in [2.05, 4.69) is 10.6 Å². The van der Waals surface area contributed by atoms with Gasteiger partial charge in [0.15, 0.2) is 0 Å². The van der Waals surface area contributed by atoms with Crippen molar-refractivity contribution in [1.29, 1.82) is 0 Å². The summed E-state index contributed by atoms with van der Waals surface area (Å²) in [6.07, 6.45) is 0. The van der Waals surface area contributed by atoms with Crippen LogP contribution >= 0.6 is 11.6 Å². The zero-order valence-electron chi connectivity index (χ0n) is 10.8. The Balaban J connectivity index is 2.24. The summed E-state index contributed by atoms with van der Waals surface area (Å²) in [6.45, 7) is 1.96. The van der Waals surface area contributed by atoms with Gasteiger partial charge in [-0.1, -0.05) is 23.2 Å². The minimum absolute atomic E-state index is 0.143. The van der Waals surface area contributed by atoms with Crippen LogP contribution in [0.4, 0.5) is 11.4 Å². The molecular formula is C15H15ClN2O. The molecule has 0 bridgehead atoms. The highest BCUT2D eigenvalue weighted by molar-refractivity contribution is 6.30. The van der Waals surface area contributed by atoms with Crippen LogP contribution in [-0.4, -0.2) is 13.0 Å².